The molecule has 1 aromatic heterocycles. The average molecular weight is 314 g/mol. The summed E-state index contributed by atoms with van der Waals surface area (Å²) in [6.07, 6.45) is 10.9. The fourth-order valence-corrected chi connectivity index (χ4v) is 5.90. The first-order valence-corrected chi connectivity index (χ1v) is 8.62. The molecule has 0 radical (unpaired) electrons. The monoisotopic (exact) mass is 314 g/mol. The average Bonchev–Trinajstić information content (AvgIpc) is 3.17. The molecule has 0 saturated heterocycles. The first-order chi connectivity index (χ1) is 11.1. The van der Waals surface area contributed by atoms with Crippen molar-refractivity contribution in [2.75, 3.05) is 6.54 Å². The van der Waals surface area contributed by atoms with Crippen molar-refractivity contribution >= 4 is 11.7 Å². The quantitative estimate of drug-likeness (QED) is 0.931. The summed E-state index contributed by atoms with van der Waals surface area (Å²) in [5, 5.41) is 2.14. The lowest BCUT2D eigenvalue weighted by molar-refractivity contribution is -0.197. The van der Waals surface area contributed by atoms with Gasteiger partial charge in [0.2, 0.25) is 5.91 Å². The number of primary amides is 1. The number of amides is 1. The molecule has 1 aliphatic heterocycles. The summed E-state index contributed by atoms with van der Waals surface area (Å²) in [7, 11) is 0. The van der Waals surface area contributed by atoms with Crippen LogP contribution in [0.5, 0.6) is 0 Å². The van der Waals surface area contributed by atoms with Crippen molar-refractivity contribution in [2.24, 2.45) is 28.9 Å². The second-order valence-corrected chi connectivity index (χ2v) is 7.88. The summed E-state index contributed by atoms with van der Waals surface area (Å²) in [4.78, 5) is 18.2. The number of furan rings is 1. The second-order valence-electron chi connectivity index (χ2n) is 7.88. The summed E-state index contributed by atoms with van der Waals surface area (Å²) in [5.74, 6) is 2.56. The molecule has 4 fully saturated rings. The van der Waals surface area contributed by atoms with E-state index in [1.54, 1.807) is 12.5 Å². The minimum absolute atomic E-state index is 0.0742. The number of carbonyl (C=O) groups excluding carboxylic acids is 1. The smallest absolute Gasteiger partial charge is 0.223 e. The van der Waals surface area contributed by atoms with E-state index in [1.807, 2.05) is 6.07 Å². The van der Waals surface area contributed by atoms with Gasteiger partial charge in [-0.05, 0) is 62.0 Å². The molecule has 5 aliphatic rings. The molecule has 2 N–H and O–H groups in total. The van der Waals surface area contributed by atoms with Crippen molar-refractivity contribution < 1.29 is 14.0 Å². The molecule has 2 heterocycles. The molecule has 0 spiro atoms. The van der Waals surface area contributed by atoms with Gasteiger partial charge in [0.15, 0.2) is 5.76 Å². The molecule has 0 aromatic carbocycles. The maximum absolute atomic E-state index is 12.0. The predicted molar refractivity (Wildman–Crippen MR) is 83.4 cm³/mol. The van der Waals surface area contributed by atoms with Crippen LogP contribution in [0.1, 0.15) is 37.7 Å². The van der Waals surface area contributed by atoms with Crippen LogP contribution >= 0.6 is 0 Å². The van der Waals surface area contributed by atoms with E-state index in [4.69, 9.17) is 15.0 Å². The maximum atomic E-state index is 12.0. The van der Waals surface area contributed by atoms with Gasteiger partial charge >= 0.3 is 0 Å². The van der Waals surface area contributed by atoms with Gasteiger partial charge in [-0.2, -0.15) is 0 Å². The number of nitrogens with two attached hydrogens (primary N) is 1. The van der Waals surface area contributed by atoms with E-state index in [0.29, 0.717) is 23.8 Å². The molecule has 6 rings (SSSR count). The van der Waals surface area contributed by atoms with Crippen molar-refractivity contribution in [1.29, 1.82) is 0 Å². The van der Waals surface area contributed by atoms with E-state index in [2.05, 4.69) is 11.1 Å². The van der Waals surface area contributed by atoms with Crippen molar-refractivity contribution in [3.05, 3.63) is 30.2 Å². The number of carbonyl (C=O) groups is 1. The Morgan fingerprint density at radius 1 is 1.26 bits per heavy atom. The highest BCUT2D eigenvalue weighted by Gasteiger charge is 2.59. The summed E-state index contributed by atoms with van der Waals surface area (Å²) in [5.41, 5.74) is 6.53. The van der Waals surface area contributed by atoms with Gasteiger partial charge in [-0.25, -0.2) is 0 Å². The third-order valence-corrected chi connectivity index (χ3v) is 6.56. The third kappa shape index (κ3) is 1.92. The van der Waals surface area contributed by atoms with Crippen LogP contribution in [0.25, 0.3) is 5.76 Å². The van der Waals surface area contributed by atoms with Gasteiger partial charge in [-0.1, -0.05) is 0 Å². The SMILES string of the molecule is NC(=O)C12CC3CC(C1)C(N1CC=C(c4ccoc4)O1)C(C3)C2. The van der Waals surface area contributed by atoms with Crippen LogP contribution in [0.2, 0.25) is 0 Å². The van der Waals surface area contributed by atoms with Crippen LogP contribution in [0, 0.1) is 23.2 Å². The highest BCUT2D eigenvalue weighted by Crippen LogP contribution is 2.61. The van der Waals surface area contributed by atoms with Crippen LogP contribution in [-0.4, -0.2) is 23.6 Å². The van der Waals surface area contributed by atoms with Gasteiger partial charge in [0.1, 0.15) is 6.26 Å². The fourth-order valence-electron chi connectivity index (χ4n) is 5.90. The topological polar surface area (TPSA) is 68.7 Å². The van der Waals surface area contributed by atoms with Crippen molar-refractivity contribution in [1.82, 2.24) is 5.06 Å². The largest absolute Gasteiger partial charge is 0.472 e. The molecule has 4 aliphatic carbocycles. The van der Waals surface area contributed by atoms with E-state index in [9.17, 15) is 4.79 Å². The van der Waals surface area contributed by atoms with Gasteiger partial charge in [-0.15, -0.1) is 5.06 Å². The normalized spacial score (nSPS) is 41.8. The molecular formula is C18H22N2O3. The van der Waals surface area contributed by atoms with Gasteiger partial charge in [-0.3, -0.25) is 4.79 Å². The Hall–Kier alpha value is -1.75. The summed E-state index contributed by atoms with van der Waals surface area (Å²) >= 11 is 0. The van der Waals surface area contributed by atoms with Crippen LogP contribution < -0.4 is 5.73 Å². The first-order valence-electron chi connectivity index (χ1n) is 8.62. The Labute approximate surface area is 135 Å². The second kappa shape index (κ2) is 4.63. The minimum Gasteiger partial charge on any atom is -0.472 e. The summed E-state index contributed by atoms with van der Waals surface area (Å²) in [6, 6.07) is 2.34. The lowest BCUT2D eigenvalue weighted by atomic mass is 9.47. The molecule has 1 amide bonds. The number of hydrogen-bond donors (Lipinski definition) is 1. The Bertz CT molecular complexity index is 650. The molecule has 122 valence electrons. The van der Waals surface area contributed by atoms with Crippen molar-refractivity contribution in [2.45, 2.75) is 38.1 Å². The molecular weight excluding hydrogens is 292 g/mol. The van der Waals surface area contributed by atoms with E-state index in [1.165, 1.54) is 12.8 Å². The standard InChI is InChI=1S/C18H22N2O3/c19-17(21)18-7-11-5-13(8-18)16(14(6-11)9-18)20-3-1-15(23-20)12-2-4-22-10-12/h1-2,4,10-11,13-14,16H,3,5-9H2,(H2,19,21). The fraction of sp³-hybridized carbons (Fsp3) is 0.611. The van der Waals surface area contributed by atoms with E-state index in [0.717, 1.165) is 37.1 Å². The maximum Gasteiger partial charge on any atom is 0.223 e. The molecule has 1 aromatic rings. The first kappa shape index (κ1) is 13.7. The van der Waals surface area contributed by atoms with E-state index in [-0.39, 0.29) is 11.3 Å². The highest BCUT2D eigenvalue weighted by atomic mass is 16.7. The number of hydrogen-bond acceptors (Lipinski definition) is 4. The van der Waals surface area contributed by atoms with Crippen LogP contribution in [0.4, 0.5) is 0 Å². The van der Waals surface area contributed by atoms with Gasteiger partial charge in [0.05, 0.1) is 24.4 Å². The van der Waals surface area contributed by atoms with Gasteiger partial charge in [0.25, 0.3) is 0 Å². The molecule has 2 unspecified atom stereocenters. The zero-order valence-corrected chi connectivity index (χ0v) is 13.1. The zero-order chi connectivity index (χ0) is 15.6. The van der Waals surface area contributed by atoms with Crippen LogP contribution in [-0.2, 0) is 9.63 Å². The molecule has 4 bridgehead atoms. The molecule has 5 nitrogen and oxygen atoms in total. The van der Waals surface area contributed by atoms with Crippen LogP contribution in [0.3, 0.4) is 0 Å². The van der Waals surface area contributed by atoms with Gasteiger partial charge in [0, 0.05) is 5.41 Å². The Kier molecular flexibility index (Phi) is 2.75. The van der Waals surface area contributed by atoms with E-state index < -0.39 is 0 Å². The zero-order valence-electron chi connectivity index (χ0n) is 13.1. The Balaban J connectivity index is 1.37. The third-order valence-electron chi connectivity index (χ3n) is 6.56. The van der Waals surface area contributed by atoms with Crippen molar-refractivity contribution in [3.8, 4) is 0 Å². The van der Waals surface area contributed by atoms with Gasteiger partial charge < -0.3 is 15.0 Å². The predicted octanol–water partition coefficient (Wildman–Crippen LogP) is 2.55. The molecule has 23 heavy (non-hydrogen) atoms. The van der Waals surface area contributed by atoms with E-state index >= 15 is 0 Å². The molecule has 5 heteroatoms. The molecule has 4 saturated carbocycles. The lowest BCUT2D eigenvalue weighted by Crippen LogP contribution is -2.61. The number of nitrogens with zero attached hydrogens (tertiary/aromatic N) is 1. The Morgan fingerprint density at radius 3 is 2.70 bits per heavy atom. The number of hydroxylamine groups is 2. The number of rotatable bonds is 3. The van der Waals surface area contributed by atoms with Crippen LogP contribution in [0.15, 0.2) is 29.1 Å². The summed E-state index contributed by atoms with van der Waals surface area (Å²) in [6.45, 7) is 0.812. The summed E-state index contributed by atoms with van der Waals surface area (Å²) < 4.78 is 5.15. The molecule has 2 atom stereocenters. The van der Waals surface area contributed by atoms with Crippen molar-refractivity contribution in [3.63, 3.8) is 0 Å². The lowest BCUT2D eigenvalue weighted by Gasteiger charge is -2.59. The minimum atomic E-state index is -0.229. The highest BCUT2D eigenvalue weighted by molar-refractivity contribution is 5.81. The Morgan fingerprint density at radius 2 is 2.04 bits per heavy atom.